The van der Waals surface area contributed by atoms with Crippen molar-refractivity contribution in [3.05, 3.63) is 32.8 Å². The first-order chi connectivity index (χ1) is 9.56. The molecule has 21 heavy (non-hydrogen) atoms. The van der Waals surface area contributed by atoms with Crippen LogP contribution in [0.15, 0.2) is 12.1 Å². The standard InChI is InChI=1S/C14H19ClN2O4/c1-8(2)14(3,4)7-16-12-10(13(18)19)5-9(17(20)21)6-11(12)15/h5-6,8,16H,7H2,1-4H3,(H,18,19). The average Bonchev–Trinajstić information content (AvgIpc) is 2.35. The third kappa shape index (κ3) is 4.07. The normalized spacial score (nSPS) is 11.5. The summed E-state index contributed by atoms with van der Waals surface area (Å²) in [6.45, 7) is 8.73. The minimum Gasteiger partial charge on any atom is -0.478 e. The highest BCUT2D eigenvalue weighted by atomic mass is 35.5. The first kappa shape index (κ1) is 17.2. The average molecular weight is 315 g/mol. The van der Waals surface area contributed by atoms with E-state index in [0.717, 1.165) is 12.1 Å². The first-order valence-corrected chi connectivity index (χ1v) is 6.89. The Morgan fingerprint density at radius 2 is 2.05 bits per heavy atom. The number of hydrogen-bond acceptors (Lipinski definition) is 4. The van der Waals surface area contributed by atoms with Crippen molar-refractivity contribution >= 4 is 28.9 Å². The zero-order chi connectivity index (χ0) is 16.4. The second-order valence-corrected chi connectivity index (χ2v) is 6.32. The lowest BCUT2D eigenvalue weighted by atomic mass is 9.81. The molecule has 0 atom stereocenters. The van der Waals surface area contributed by atoms with Crippen LogP contribution in [0.25, 0.3) is 0 Å². The number of nitro groups is 1. The molecule has 0 radical (unpaired) electrons. The molecule has 0 bridgehead atoms. The number of anilines is 1. The number of rotatable bonds is 6. The highest BCUT2D eigenvalue weighted by molar-refractivity contribution is 6.34. The Bertz CT molecular complexity index is 570. The summed E-state index contributed by atoms with van der Waals surface area (Å²) in [6, 6.07) is 2.16. The Balaban J connectivity index is 3.18. The summed E-state index contributed by atoms with van der Waals surface area (Å²) < 4.78 is 0. The number of carboxylic acid groups (broad SMARTS) is 1. The molecule has 0 aliphatic carbocycles. The third-order valence-electron chi connectivity index (χ3n) is 3.80. The van der Waals surface area contributed by atoms with Gasteiger partial charge in [0.2, 0.25) is 0 Å². The lowest BCUT2D eigenvalue weighted by Crippen LogP contribution is -2.29. The van der Waals surface area contributed by atoms with E-state index in [0.29, 0.717) is 12.5 Å². The summed E-state index contributed by atoms with van der Waals surface area (Å²) in [7, 11) is 0. The van der Waals surface area contributed by atoms with E-state index in [2.05, 4.69) is 19.2 Å². The van der Waals surface area contributed by atoms with Crippen molar-refractivity contribution in [3.63, 3.8) is 0 Å². The van der Waals surface area contributed by atoms with E-state index >= 15 is 0 Å². The van der Waals surface area contributed by atoms with Crippen LogP contribution in [0.4, 0.5) is 11.4 Å². The van der Waals surface area contributed by atoms with Gasteiger partial charge in [-0.2, -0.15) is 0 Å². The van der Waals surface area contributed by atoms with E-state index in [1.165, 1.54) is 0 Å². The van der Waals surface area contributed by atoms with Crippen LogP contribution in [0.5, 0.6) is 0 Å². The molecule has 0 aliphatic heterocycles. The summed E-state index contributed by atoms with van der Waals surface area (Å²) >= 11 is 6.00. The van der Waals surface area contributed by atoms with Gasteiger partial charge in [-0.3, -0.25) is 10.1 Å². The van der Waals surface area contributed by atoms with Gasteiger partial charge in [0.1, 0.15) is 0 Å². The van der Waals surface area contributed by atoms with Crippen LogP contribution in [-0.4, -0.2) is 22.5 Å². The molecule has 0 unspecified atom stereocenters. The fourth-order valence-corrected chi connectivity index (χ4v) is 1.85. The lowest BCUT2D eigenvalue weighted by molar-refractivity contribution is -0.384. The van der Waals surface area contributed by atoms with Gasteiger partial charge >= 0.3 is 5.97 Å². The van der Waals surface area contributed by atoms with Crippen molar-refractivity contribution in [2.24, 2.45) is 11.3 Å². The van der Waals surface area contributed by atoms with Gasteiger partial charge in [0.15, 0.2) is 0 Å². The molecule has 0 amide bonds. The van der Waals surface area contributed by atoms with E-state index in [9.17, 15) is 20.0 Å². The number of carboxylic acids is 1. The molecule has 0 saturated heterocycles. The van der Waals surface area contributed by atoms with Gasteiger partial charge in [0, 0.05) is 18.7 Å². The molecule has 0 aliphatic rings. The molecule has 1 rings (SSSR count). The molecule has 0 heterocycles. The van der Waals surface area contributed by atoms with E-state index in [1.54, 1.807) is 0 Å². The van der Waals surface area contributed by atoms with E-state index < -0.39 is 10.9 Å². The quantitative estimate of drug-likeness (QED) is 0.610. The maximum absolute atomic E-state index is 11.3. The number of nitro benzene ring substituents is 1. The van der Waals surface area contributed by atoms with Gasteiger partial charge in [-0.05, 0) is 11.3 Å². The first-order valence-electron chi connectivity index (χ1n) is 6.51. The van der Waals surface area contributed by atoms with Crippen LogP contribution in [0.1, 0.15) is 38.1 Å². The summed E-state index contributed by atoms with van der Waals surface area (Å²) in [5.74, 6) is -0.888. The molecule has 1 aromatic carbocycles. The summed E-state index contributed by atoms with van der Waals surface area (Å²) in [5, 5.41) is 23.0. The highest BCUT2D eigenvalue weighted by Gasteiger charge is 2.25. The molecule has 6 nitrogen and oxygen atoms in total. The predicted molar refractivity (Wildman–Crippen MR) is 82.2 cm³/mol. The van der Waals surface area contributed by atoms with Crippen molar-refractivity contribution in [1.29, 1.82) is 0 Å². The van der Waals surface area contributed by atoms with Crippen LogP contribution in [0.3, 0.4) is 0 Å². The van der Waals surface area contributed by atoms with Crippen LogP contribution in [0.2, 0.25) is 5.02 Å². The number of non-ortho nitro benzene ring substituents is 1. The molecular formula is C14H19ClN2O4. The van der Waals surface area contributed by atoms with Crippen LogP contribution < -0.4 is 5.32 Å². The van der Waals surface area contributed by atoms with Crippen molar-refractivity contribution in [2.45, 2.75) is 27.7 Å². The molecule has 1 aromatic rings. The van der Waals surface area contributed by atoms with Crippen molar-refractivity contribution in [3.8, 4) is 0 Å². The Kier molecular flexibility index (Phi) is 5.17. The highest BCUT2D eigenvalue weighted by Crippen LogP contribution is 2.33. The molecule has 0 saturated carbocycles. The largest absolute Gasteiger partial charge is 0.478 e. The summed E-state index contributed by atoms with van der Waals surface area (Å²) in [6.07, 6.45) is 0. The van der Waals surface area contributed by atoms with Crippen LogP contribution in [0, 0.1) is 21.4 Å². The van der Waals surface area contributed by atoms with Gasteiger partial charge in [-0.25, -0.2) is 4.79 Å². The smallest absolute Gasteiger partial charge is 0.338 e. The molecule has 0 spiro atoms. The Labute approximate surface area is 128 Å². The Hall–Kier alpha value is -1.82. The summed E-state index contributed by atoms with van der Waals surface area (Å²) in [5.41, 5.74) is -0.413. The van der Waals surface area contributed by atoms with E-state index in [4.69, 9.17) is 11.6 Å². The number of halogens is 1. The maximum Gasteiger partial charge on any atom is 0.338 e. The topological polar surface area (TPSA) is 92.5 Å². The lowest BCUT2D eigenvalue weighted by Gasteiger charge is -2.30. The molecule has 0 fully saturated rings. The van der Waals surface area contributed by atoms with Crippen LogP contribution in [-0.2, 0) is 0 Å². The fraction of sp³-hybridized carbons (Fsp3) is 0.500. The van der Waals surface area contributed by atoms with Crippen LogP contribution >= 0.6 is 11.6 Å². The van der Waals surface area contributed by atoms with Gasteiger partial charge < -0.3 is 10.4 Å². The molecule has 7 heteroatoms. The SMILES string of the molecule is CC(C)C(C)(C)CNc1c(Cl)cc([N+](=O)[O-])cc1C(=O)O. The maximum atomic E-state index is 11.3. The molecule has 0 aromatic heterocycles. The summed E-state index contributed by atoms with van der Waals surface area (Å²) in [4.78, 5) is 21.4. The Morgan fingerprint density at radius 1 is 1.48 bits per heavy atom. The second kappa shape index (κ2) is 6.30. The second-order valence-electron chi connectivity index (χ2n) is 5.91. The third-order valence-corrected chi connectivity index (χ3v) is 4.10. The zero-order valence-electron chi connectivity index (χ0n) is 12.4. The minimum absolute atomic E-state index is 0.0288. The van der Waals surface area contributed by atoms with Gasteiger partial charge in [0.25, 0.3) is 5.69 Å². The monoisotopic (exact) mass is 314 g/mol. The van der Waals surface area contributed by atoms with E-state index in [-0.39, 0.29) is 27.4 Å². The number of aromatic carboxylic acids is 1. The minimum atomic E-state index is -1.26. The van der Waals surface area contributed by atoms with Crippen molar-refractivity contribution in [1.82, 2.24) is 0 Å². The number of nitrogens with one attached hydrogen (secondary N) is 1. The fourth-order valence-electron chi connectivity index (χ4n) is 1.57. The molecule has 2 N–H and O–H groups in total. The molecular weight excluding hydrogens is 296 g/mol. The van der Waals surface area contributed by atoms with Crippen molar-refractivity contribution in [2.75, 3.05) is 11.9 Å². The van der Waals surface area contributed by atoms with Gasteiger partial charge in [-0.1, -0.05) is 39.3 Å². The number of benzene rings is 1. The Morgan fingerprint density at radius 3 is 2.48 bits per heavy atom. The van der Waals surface area contributed by atoms with Gasteiger partial charge in [0.05, 0.1) is 21.2 Å². The van der Waals surface area contributed by atoms with E-state index in [1.807, 2.05) is 13.8 Å². The molecule has 116 valence electrons. The number of nitrogens with zero attached hydrogens (tertiary/aromatic N) is 1. The van der Waals surface area contributed by atoms with Crippen molar-refractivity contribution < 1.29 is 14.8 Å². The number of hydrogen-bond donors (Lipinski definition) is 2. The predicted octanol–water partition coefficient (Wildman–Crippen LogP) is 4.04. The zero-order valence-corrected chi connectivity index (χ0v) is 13.2. The van der Waals surface area contributed by atoms with Gasteiger partial charge in [-0.15, -0.1) is 0 Å². The number of carbonyl (C=O) groups is 1.